The maximum atomic E-state index is 13.2. The van der Waals surface area contributed by atoms with E-state index in [4.69, 9.17) is 4.84 Å². The average molecular weight is 445 g/mol. The predicted octanol–water partition coefficient (Wildman–Crippen LogP) is 3.80. The van der Waals surface area contributed by atoms with Gasteiger partial charge in [0.15, 0.2) is 6.10 Å². The number of hydroxylamine groups is 1. The molecule has 2 heterocycles. The van der Waals surface area contributed by atoms with Crippen LogP contribution < -0.4 is 5.06 Å². The first-order valence-corrected chi connectivity index (χ1v) is 10.2. The van der Waals surface area contributed by atoms with Crippen molar-refractivity contribution in [2.45, 2.75) is 31.9 Å². The summed E-state index contributed by atoms with van der Waals surface area (Å²) in [6.45, 7) is 2.41. The zero-order valence-corrected chi connectivity index (χ0v) is 17.0. The lowest BCUT2D eigenvalue weighted by atomic mass is 9.90. The lowest BCUT2D eigenvalue weighted by Gasteiger charge is -2.29. The summed E-state index contributed by atoms with van der Waals surface area (Å²) < 4.78 is 0.774. The number of hydrogen-bond donors (Lipinski definition) is 1. The Morgan fingerprint density at radius 3 is 2.57 bits per heavy atom. The number of imide groups is 1. The third-order valence-electron chi connectivity index (χ3n) is 5.26. The number of carbonyl (C=O) groups excluding carboxylic acids is 2. The van der Waals surface area contributed by atoms with Crippen LogP contribution in [0.1, 0.15) is 31.4 Å². The number of anilines is 1. The molecule has 2 aromatic carbocycles. The van der Waals surface area contributed by atoms with Crippen molar-refractivity contribution in [3.05, 3.63) is 58.6 Å². The number of para-hydroxylation sites is 1. The van der Waals surface area contributed by atoms with Crippen LogP contribution in [0.25, 0.3) is 0 Å². The normalized spacial score (nSPS) is 24.1. The van der Waals surface area contributed by atoms with Gasteiger partial charge in [-0.15, -0.1) is 0 Å². The van der Waals surface area contributed by atoms with E-state index in [0.29, 0.717) is 12.1 Å². The highest BCUT2D eigenvalue weighted by molar-refractivity contribution is 9.10. The molecule has 0 unspecified atom stereocenters. The van der Waals surface area contributed by atoms with Gasteiger partial charge in [0.2, 0.25) is 5.91 Å². The lowest BCUT2D eigenvalue weighted by molar-refractivity contribution is -0.143. The molecule has 0 bridgehead atoms. The SMILES string of the molecule is CCCCN1C(=O)[C@H]2[C@@H](c3cc(Br)ccc3O)N(c3ccccc3)O[C@H]2C1=O. The number of phenols is 1. The molecular formula is C21H21BrN2O4. The summed E-state index contributed by atoms with van der Waals surface area (Å²) in [5, 5.41) is 12.1. The molecule has 2 aliphatic heterocycles. The molecule has 0 saturated carbocycles. The Kier molecular flexibility index (Phi) is 5.12. The zero-order chi connectivity index (χ0) is 19.8. The summed E-state index contributed by atoms with van der Waals surface area (Å²) in [6, 6.07) is 13.8. The fourth-order valence-electron chi connectivity index (χ4n) is 3.89. The van der Waals surface area contributed by atoms with Crippen molar-refractivity contribution < 1.29 is 19.5 Å². The summed E-state index contributed by atoms with van der Waals surface area (Å²) in [5.74, 6) is -1.19. The predicted molar refractivity (Wildman–Crippen MR) is 107 cm³/mol. The average Bonchev–Trinajstić information content (AvgIpc) is 3.20. The number of likely N-dealkylation sites (tertiary alicyclic amines) is 1. The molecule has 2 saturated heterocycles. The van der Waals surface area contributed by atoms with Gasteiger partial charge in [-0.3, -0.25) is 19.3 Å². The molecule has 146 valence electrons. The number of nitrogens with zero attached hydrogens (tertiary/aromatic N) is 2. The second-order valence-electron chi connectivity index (χ2n) is 7.04. The Hall–Kier alpha value is -2.38. The van der Waals surface area contributed by atoms with Crippen molar-refractivity contribution in [2.75, 3.05) is 11.6 Å². The van der Waals surface area contributed by atoms with Crippen LogP contribution in [0.3, 0.4) is 0 Å². The number of fused-ring (bicyclic) bond motifs is 1. The topological polar surface area (TPSA) is 70.1 Å². The van der Waals surface area contributed by atoms with Gasteiger partial charge in [0.25, 0.3) is 5.91 Å². The highest BCUT2D eigenvalue weighted by Crippen LogP contribution is 2.49. The summed E-state index contributed by atoms with van der Waals surface area (Å²) in [5.41, 5.74) is 1.27. The summed E-state index contributed by atoms with van der Waals surface area (Å²) in [6.07, 6.45) is 0.763. The second-order valence-corrected chi connectivity index (χ2v) is 7.96. The highest BCUT2D eigenvalue weighted by Gasteiger charge is 2.60. The number of amides is 2. The fraction of sp³-hybridized carbons (Fsp3) is 0.333. The van der Waals surface area contributed by atoms with E-state index in [9.17, 15) is 14.7 Å². The van der Waals surface area contributed by atoms with Gasteiger partial charge in [0.1, 0.15) is 11.7 Å². The molecule has 1 N–H and O–H groups in total. The fourth-order valence-corrected chi connectivity index (χ4v) is 4.26. The van der Waals surface area contributed by atoms with Crippen LogP contribution in [0.15, 0.2) is 53.0 Å². The largest absolute Gasteiger partial charge is 0.508 e. The van der Waals surface area contributed by atoms with Crippen LogP contribution in [-0.4, -0.2) is 34.5 Å². The number of phenolic OH excluding ortho intramolecular Hbond substituents is 1. The van der Waals surface area contributed by atoms with Crippen LogP contribution in [0, 0.1) is 5.92 Å². The van der Waals surface area contributed by atoms with E-state index in [1.165, 1.54) is 4.90 Å². The maximum Gasteiger partial charge on any atom is 0.261 e. The van der Waals surface area contributed by atoms with Crippen LogP contribution in [-0.2, 0) is 14.4 Å². The minimum Gasteiger partial charge on any atom is -0.508 e. The third kappa shape index (κ3) is 3.08. The van der Waals surface area contributed by atoms with E-state index in [2.05, 4.69) is 15.9 Å². The molecule has 28 heavy (non-hydrogen) atoms. The molecule has 2 aromatic rings. The monoisotopic (exact) mass is 444 g/mol. The van der Waals surface area contributed by atoms with E-state index in [1.54, 1.807) is 23.3 Å². The standard InChI is InChI=1S/C21H21BrN2O4/c1-2-3-11-23-20(26)17-18(15-12-13(22)9-10-16(15)25)24(28-19(17)21(23)27)14-7-5-4-6-8-14/h4-10,12,17-19,25H,2-3,11H2,1H3/t17-,18+,19+/m0/s1. The number of unbranched alkanes of at least 4 members (excludes halogenated alkanes) is 1. The zero-order valence-electron chi connectivity index (χ0n) is 15.4. The molecule has 2 amide bonds. The van der Waals surface area contributed by atoms with Crippen molar-refractivity contribution in [2.24, 2.45) is 5.92 Å². The minimum absolute atomic E-state index is 0.0608. The van der Waals surface area contributed by atoms with E-state index < -0.39 is 18.1 Å². The third-order valence-corrected chi connectivity index (χ3v) is 5.75. The molecule has 4 rings (SSSR count). The summed E-state index contributed by atoms with van der Waals surface area (Å²) in [4.78, 5) is 33.4. The molecule has 7 heteroatoms. The number of benzene rings is 2. The Morgan fingerprint density at radius 1 is 1.11 bits per heavy atom. The van der Waals surface area contributed by atoms with Gasteiger partial charge >= 0.3 is 0 Å². The first-order chi connectivity index (χ1) is 13.5. The molecule has 0 spiro atoms. The first-order valence-electron chi connectivity index (χ1n) is 9.37. The molecule has 0 aliphatic carbocycles. The van der Waals surface area contributed by atoms with Crippen molar-refractivity contribution in [3.63, 3.8) is 0 Å². The molecule has 2 fully saturated rings. The van der Waals surface area contributed by atoms with Crippen molar-refractivity contribution in [1.29, 1.82) is 0 Å². The second kappa shape index (κ2) is 7.56. The number of carbonyl (C=O) groups is 2. The number of aromatic hydroxyl groups is 1. The summed E-state index contributed by atoms with van der Waals surface area (Å²) in [7, 11) is 0. The van der Waals surface area contributed by atoms with Gasteiger partial charge in [0.05, 0.1) is 11.7 Å². The van der Waals surface area contributed by atoms with E-state index in [-0.39, 0.29) is 17.6 Å². The lowest BCUT2D eigenvalue weighted by Crippen LogP contribution is -2.37. The number of hydrogen-bond acceptors (Lipinski definition) is 5. The van der Waals surface area contributed by atoms with Gasteiger partial charge < -0.3 is 5.11 Å². The quantitative estimate of drug-likeness (QED) is 0.710. The maximum absolute atomic E-state index is 13.2. The molecule has 0 radical (unpaired) electrons. The first kappa shape index (κ1) is 19.0. The van der Waals surface area contributed by atoms with E-state index in [0.717, 1.165) is 23.0 Å². The Morgan fingerprint density at radius 2 is 1.86 bits per heavy atom. The molecular weight excluding hydrogens is 424 g/mol. The van der Waals surface area contributed by atoms with Gasteiger partial charge in [0, 0.05) is 16.6 Å². The van der Waals surface area contributed by atoms with E-state index >= 15 is 0 Å². The van der Waals surface area contributed by atoms with Crippen LogP contribution in [0.2, 0.25) is 0 Å². The number of rotatable bonds is 5. The molecule has 2 aliphatic rings. The highest BCUT2D eigenvalue weighted by atomic mass is 79.9. The van der Waals surface area contributed by atoms with Gasteiger partial charge in [-0.2, -0.15) is 0 Å². The minimum atomic E-state index is -0.882. The molecule has 3 atom stereocenters. The summed E-state index contributed by atoms with van der Waals surface area (Å²) >= 11 is 3.43. The number of halogens is 1. The van der Waals surface area contributed by atoms with Crippen molar-refractivity contribution in [1.82, 2.24) is 4.90 Å². The van der Waals surface area contributed by atoms with Gasteiger partial charge in [-0.25, -0.2) is 5.06 Å². The molecule has 0 aromatic heterocycles. The Balaban J connectivity index is 1.79. The van der Waals surface area contributed by atoms with Crippen LogP contribution >= 0.6 is 15.9 Å². The van der Waals surface area contributed by atoms with E-state index in [1.807, 2.05) is 37.3 Å². The van der Waals surface area contributed by atoms with Gasteiger partial charge in [-0.1, -0.05) is 47.5 Å². The smallest absolute Gasteiger partial charge is 0.261 e. The van der Waals surface area contributed by atoms with Crippen LogP contribution in [0.5, 0.6) is 5.75 Å². The van der Waals surface area contributed by atoms with Crippen LogP contribution in [0.4, 0.5) is 5.69 Å². The Bertz CT molecular complexity index is 905. The Labute approximate surface area is 171 Å². The van der Waals surface area contributed by atoms with Crippen molar-refractivity contribution >= 4 is 33.4 Å². The van der Waals surface area contributed by atoms with Crippen molar-refractivity contribution in [3.8, 4) is 5.75 Å². The molecule has 6 nitrogen and oxygen atoms in total. The van der Waals surface area contributed by atoms with Gasteiger partial charge in [-0.05, 0) is 36.8 Å².